The number of rotatable bonds is 10. The van der Waals surface area contributed by atoms with Gasteiger partial charge < -0.3 is 20.9 Å². The predicted octanol–water partition coefficient (Wildman–Crippen LogP) is 4.67. The molecule has 4 rings (SSSR count). The number of amides is 2. The number of hydrogen-bond donors (Lipinski definition) is 3. The molecular weight excluding hydrogens is 426 g/mol. The molecule has 8 nitrogen and oxygen atoms in total. The fourth-order valence-electron chi connectivity index (χ4n) is 4.22. The highest BCUT2D eigenvalue weighted by atomic mass is 16.2. The quantitative estimate of drug-likeness (QED) is 0.299. The maximum absolute atomic E-state index is 11.8. The first-order chi connectivity index (χ1) is 16.6. The van der Waals surface area contributed by atoms with E-state index in [1.54, 1.807) is 6.20 Å². The van der Waals surface area contributed by atoms with Gasteiger partial charge in [-0.2, -0.15) is 0 Å². The topological polar surface area (TPSA) is 111 Å². The van der Waals surface area contributed by atoms with Crippen molar-refractivity contribution in [2.24, 2.45) is 0 Å². The molecule has 8 heteroatoms. The Labute approximate surface area is 200 Å². The highest BCUT2D eigenvalue weighted by Crippen LogP contribution is 2.32. The van der Waals surface area contributed by atoms with Crippen LogP contribution in [0.5, 0.6) is 0 Å². The lowest BCUT2D eigenvalue weighted by Gasteiger charge is -2.12. The third-order valence-electron chi connectivity index (χ3n) is 5.88. The molecule has 0 fully saturated rings. The van der Waals surface area contributed by atoms with Crippen molar-refractivity contribution in [3.05, 3.63) is 48.5 Å². The SMILES string of the molecule is CCCNC(=O)NCCCCn1c(CCC)nc2c(N)nc3cc(-c4cccnc4)ccc3c21. The Morgan fingerprint density at radius 2 is 1.88 bits per heavy atom. The summed E-state index contributed by atoms with van der Waals surface area (Å²) < 4.78 is 2.29. The summed E-state index contributed by atoms with van der Waals surface area (Å²) in [5.74, 6) is 1.49. The molecule has 178 valence electrons. The standard InChI is InChI=1S/C26H33N7O/c1-3-8-22-32-23-24(33(22)15-6-5-14-30-26(34)29-12-4-2)20-11-10-18(16-21(20)31-25(23)27)19-9-7-13-28-17-19/h7,9-11,13,16-17H,3-6,8,12,14-15H2,1-2H3,(H2,27,31)(H2,29,30,34). The zero-order chi connectivity index (χ0) is 23.9. The van der Waals surface area contributed by atoms with Gasteiger partial charge in [0.25, 0.3) is 0 Å². The van der Waals surface area contributed by atoms with Crippen molar-refractivity contribution >= 4 is 33.8 Å². The van der Waals surface area contributed by atoms with Gasteiger partial charge in [-0.05, 0) is 43.4 Å². The van der Waals surface area contributed by atoms with Crippen LogP contribution in [0.2, 0.25) is 0 Å². The number of aryl methyl sites for hydroxylation is 2. The van der Waals surface area contributed by atoms with Crippen molar-refractivity contribution < 1.29 is 4.79 Å². The first-order valence-electron chi connectivity index (χ1n) is 12.1. The number of hydrogen-bond acceptors (Lipinski definition) is 5. The number of carbonyl (C=O) groups excluding carboxylic acids is 1. The first-order valence-corrected chi connectivity index (χ1v) is 12.1. The van der Waals surface area contributed by atoms with Gasteiger partial charge in [-0.1, -0.05) is 32.0 Å². The molecule has 0 atom stereocenters. The summed E-state index contributed by atoms with van der Waals surface area (Å²) in [5, 5.41) is 6.81. The van der Waals surface area contributed by atoms with Crippen LogP contribution >= 0.6 is 0 Å². The molecule has 0 saturated heterocycles. The number of anilines is 1. The molecule has 3 aromatic heterocycles. The molecule has 0 unspecified atom stereocenters. The number of benzene rings is 1. The molecule has 0 aliphatic carbocycles. The zero-order valence-corrected chi connectivity index (χ0v) is 20.0. The molecule has 0 aliphatic heterocycles. The first kappa shape index (κ1) is 23.5. The molecule has 0 bridgehead atoms. The van der Waals surface area contributed by atoms with E-state index in [1.807, 2.05) is 25.3 Å². The summed E-state index contributed by atoms with van der Waals surface area (Å²) >= 11 is 0. The Bertz CT molecular complexity index is 1270. The third kappa shape index (κ3) is 5.11. The lowest BCUT2D eigenvalue weighted by molar-refractivity contribution is 0.240. The number of nitrogens with two attached hydrogens (primary N) is 1. The molecule has 1 aromatic carbocycles. The van der Waals surface area contributed by atoms with Crippen LogP contribution in [0.3, 0.4) is 0 Å². The van der Waals surface area contributed by atoms with Crippen molar-refractivity contribution in [2.75, 3.05) is 18.8 Å². The van der Waals surface area contributed by atoms with Gasteiger partial charge in [0.15, 0.2) is 5.82 Å². The average Bonchev–Trinajstić information content (AvgIpc) is 3.22. The van der Waals surface area contributed by atoms with Gasteiger partial charge in [0.1, 0.15) is 11.3 Å². The van der Waals surface area contributed by atoms with E-state index in [4.69, 9.17) is 10.7 Å². The minimum atomic E-state index is -0.101. The summed E-state index contributed by atoms with van der Waals surface area (Å²) in [6, 6.07) is 10.1. The molecule has 2 amide bonds. The lowest BCUT2D eigenvalue weighted by atomic mass is 10.0. The predicted molar refractivity (Wildman–Crippen MR) is 138 cm³/mol. The number of nitrogens with zero attached hydrogens (tertiary/aromatic N) is 4. The van der Waals surface area contributed by atoms with E-state index in [1.165, 1.54) is 0 Å². The van der Waals surface area contributed by atoms with Crippen molar-refractivity contribution in [1.29, 1.82) is 0 Å². The van der Waals surface area contributed by atoms with E-state index in [0.29, 0.717) is 18.9 Å². The van der Waals surface area contributed by atoms with Crippen LogP contribution in [0.1, 0.15) is 45.4 Å². The summed E-state index contributed by atoms with van der Waals surface area (Å²) in [5.41, 5.74) is 11.1. The molecule has 34 heavy (non-hydrogen) atoms. The van der Waals surface area contributed by atoms with Crippen molar-refractivity contribution in [1.82, 2.24) is 30.2 Å². The normalized spacial score (nSPS) is 11.2. The van der Waals surface area contributed by atoms with E-state index in [2.05, 4.69) is 50.3 Å². The lowest BCUT2D eigenvalue weighted by Crippen LogP contribution is -2.36. The van der Waals surface area contributed by atoms with Gasteiger partial charge in [0.2, 0.25) is 0 Å². The smallest absolute Gasteiger partial charge is 0.314 e. The highest BCUT2D eigenvalue weighted by Gasteiger charge is 2.17. The van der Waals surface area contributed by atoms with Crippen LogP contribution in [0.25, 0.3) is 33.1 Å². The highest BCUT2D eigenvalue weighted by molar-refractivity contribution is 6.07. The number of imidazole rings is 1. The maximum atomic E-state index is 11.8. The molecule has 0 aliphatic rings. The van der Waals surface area contributed by atoms with Crippen LogP contribution in [-0.4, -0.2) is 38.6 Å². The van der Waals surface area contributed by atoms with E-state index in [-0.39, 0.29) is 6.03 Å². The molecule has 4 N–H and O–H groups in total. The number of nitrogens with one attached hydrogen (secondary N) is 2. The number of pyridine rings is 2. The largest absolute Gasteiger partial charge is 0.382 e. The van der Waals surface area contributed by atoms with Crippen LogP contribution in [0.4, 0.5) is 10.6 Å². The molecular formula is C26H33N7O. The number of nitrogen functional groups attached to an aromatic ring is 1. The summed E-state index contributed by atoms with van der Waals surface area (Å²) in [6.45, 7) is 6.34. The van der Waals surface area contributed by atoms with Crippen LogP contribution in [-0.2, 0) is 13.0 Å². The summed E-state index contributed by atoms with van der Waals surface area (Å²) in [4.78, 5) is 25.6. The van der Waals surface area contributed by atoms with E-state index >= 15 is 0 Å². The Balaban J connectivity index is 1.61. The molecule has 0 radical (unpaired) electrons. The average molecular weight is 460 g/mol. The van der Waals surface area contributed by atoms with Gasteiger partial charge in [-0.3, -0.25) is 4.98 Å². The van der Waals surface area contributed by atoms with Gasteiger partial charge in [-0.15, -0.1) is 0 Å². The zero-order valence-electron chi connectivity index (χ0n) is 20.0. The Morgan fingerprint density at radius 1 is 1.03 bits per heavy atom. The Morgan fingerprint density at radius 3 is 2.65 bits per heavy atom. The number of fused-ring (bicyclic) bond motifs is 3. The van der Waals surface area contributed by atoms with Gasteiger partial charge in [-0.25, -0.2) is 14.8 Å². The second kappa shape index (κ2) is 11.0. The molecule has 0 spiro atoms. The number of unbranched alkanes of at least 4 members (excludes halogenated alkanes) is 1. The van der Waals surface area contributed by atoms with Crippen molar-refractivity contribution in [2.45, 2.75) is 52.5 Å². The van der Waals surface area contributed by atoms with Crippen LogP contribution < -0.4 is 16.4 Å². The van der Waals surface area contributed by atoms with E-state index in [9.17, 15) is 4.79 Å². The second-order valence-electron chi connectivity index (χ2n) is 8.49. The van der Waals surface area contributed by atoms with Crippen molar-refractivity contribution in [3.8, 4) is 11.1 Å². The Hall–Kier alpha value is -3.68. The number of carbonyl (C=O) groups is 1. The second-order valence-corrected chi connectivity index (χ2v) is 8.49. The minimum absolute atomic E-state index is 0.101. The summed E-state index contributed by atoms with van der Waals surface area (Å²) in [7, 11) is 0. The molecule has 3 heterocycles. The fourth-order valence-corrected chi connectivity index (χ4v) is 4.22. The fraction of sp³-hybridized carbons (Fsp3) is 0.385. The van der Waals surface area contributed by atoms with Crippen molar-refractivity contribution in [3.63, 3.8) is 0 Å². The van der Waals surface area contributed by atoms with Gasteiger partial charge in [0, 0.05) is 49.4 Å². The van der Waals surface area contributed by atoms with Gasteiger partial charge >= 0.3 is 6.03 Å². The number of urea groups is 1. The van der Waals surface area contributed by atoms with E-state index < -0.39 is 0 Å². The summed E-state index contributed by atoms with van der Waals surface area (Å²) in [6.07, 6.45) is 8.23. The molecule has 0 saturated carbocycles. The van der Waals surface area contributed by atoms with Crippen LogP contribution in [0.15, 0.2) is 42.7 Å². The minimum Gasteiger partial charge on any atom is -0.382 e. The third-order valence-corrected chi connectivity index (χ3v) is 5.88. The van der Waals surface area contributed by atoms with Gasteiger partial charge in [0.05, 0.1) is 11.0 Å². The van der Waals surface area contributed by atoms with Crippen LogP contribution in [0, 0.1) is 0 Å². The molecule has 4 aromatic rings. The number of aromatic nitrogens is 4. The monoisotopic (exact) mass is 459 g/mol. The maximum Gasteiger partial charge on any atom is 0.314 e. The Kier molecular flexibility index (Phi) is 7.57. The van der Waals surface area contributed by atoms with E-state index in [0.717, 1.165) is 77.5 Å².